The molecular weight excluding hydrogens is 302 g/mol. The number of methoxy groups -OCH3 is 1. The summed E-state index contributed by atoms with van der Waals surface area (Å²) in [5.74, 6) is 0.655. The van der Waals surface area contributed by atoms with Crippen LogP contribution in [-0.4, -0.2) is 31.0 Å². The normalized spacial score (nSPS) is 32.2. The lowest BCUT2D eigenvalue weighted by Gasteiger charge is -2.44. The number of rotatable bonds is 3. The van der Waals surface area contributed by atoms with Gasteiger partial charge in [-0.3, -0.25) is 4.79 Å². The number of hydrogen-bond acceptors (Lipinski definition) is 4. The minimum Gasteiger partial charge on any atom is -0.467 e. The number of halogens is 1. The van der Waals surface area contributed by atoms with Crippen LogP contribution < -0.4 is 0 Å². The second kappa shape index (κ2) is 5.67. The van der Waals surface area contributed by atoms with E-state index < -0.39 is 11.6 Å². The molecule has 0 spiro atoms. The van der Waals surface area contributed by atoms with Gasteiger partial charge >= 0.3 is 0 Å². The van der Waals surface area contributed by atoms with Gasteiger partial charge in [-0.2, -0.15) is 0 Å². The lowest BCUT2D eigenvalue weighted by molar-refractivity contribution is -0.141. The molecule has 118 valence electrons. The highest BCUT2D eigenvalue weighted by Crippen LogP contribution is 2.46. The Balaban J connectivity index is 2.17. The quantitative estimate of drug-likeness (QED) is 0.857. The molecule has 4 unspecified atom stereocenters. The Bertz CT molecular complexity index is 630. The highest BCUT2D eigenvalue weighted by molar-refractivity contribution is 6.32. The van der Waals surface area contributed by atoms with Crippen LogP contribution in [-0.2, 0) is 19.8 Å². The van der Waals surface area contributed by atoms with Crippen LogP contribution >= 0.6 is 11.6 Å². The number of ether oxygens (including phenoxy) is 2. The van der Waals surface area contributed by atoms with E-state index in [1.807, 2.05) is 32.0 Å². The van der Waals surface area contributed by atoms with Crippen molar-refractivity contribution in [1.82, 2.24) is 0 Å². The van der Waals surface area contributed by atoms with Crippen LogP contribution in [0.25, 0.3) is 0 Å². The number of Topliss-reactive ketones (excluding diaryl/α,β-unsaturated/α-hetero) is 1. The molecule has 1 saturated carbocycles. The largest absolute Gasteiger partial charge is 0.467 e. The number of carbonyl (C=O) groups is 1. The molecule has 1 aliphatic heterocycles. The highest BCUT2D eigenvalue weighted by atomic mass is 35.5. The molecule has 2 bridgehead atoms. The van der Waals surface area contributed by atoms with E-state index >= 15 is 0 Å². The molecule has 1 fully saturated rings. The predicted molar refractivity (Wildman–Crippen MR) is 85.3 cm³/mol. The van der Waals surface area contributed by atoms with Crippen molar-refractivity contribution in [2.75, 3.05) is 7.11 Å². The SMILES string of the molecule is COC(C)C1=NC2(c3ccccc3Cl)CCC(C)C(O1)C2=O. The van der Waals surface area contributed by atoms with E-state index in [0.29, 0.717) is 17.3 Å². The number of carbonyl (C=O) groups excluding carboxylic acids is 1. The molecule has 22 heavy (non-hydrogen) atoms. The summed E-state index contributed by atoms with van der Waals surface area (Å²) in [4.78, 5) is 17.7. The molecular formula is C17H20ClNO3. The highest BCUT2D eigenvalue weighted by Gasteiger charge is 2.54. The maximum absolute atomic E-state index is 13.0. The zero-order valence-corrected chi connectivity index (χ0v) is 13.8. The summed E-state index contributed by atoms with van der Waals surface area (Å²) in [5, 5.41) is 0.569. The fraction of sp³-hybridized carbons (Fsp3) is 0.529. The molecule has 1 aromatic carbocycles. The van der Waals surface area contributed by atoms with Crippen LogP contribution in [0.5, 0.6) is 0 Å². The first-order valence-corrected chi connectivity index (χ1v) is 7.96. The number of nitrogens with zero attached hydrogens (tertiary/aromatic N) is 1. The van der Waals surface area contributed by atoms with Gasteiger partial charge in [-0.15, -0.1) is 0 Å². The zero-order valence-electron chi connectivity index (χ0n) is 13.0. The molecule has 3 rings (SSSR count). The van der Waals surface area contributed by atoms with Crippen molar-refractivity contribution >= 4 is 23.3 Å². The summed E-state index contributed by atoms with van der Waals surface area (Å²) < 4.78 is 11.2. The molecule has 0 amide bonds. The molecule has 1 heterocycles. The second-order valence-electron chi connectivity index (χ2n) is 6.09. The van der Waals surface area contributed by atoms with E-state index in [9.17, 15) is 4.79 Å². The van der Waals surface area contributed by atoms with Crippen LogP contribution in [0.2, 0.25) is 5.02 Å². The Morgan fingerprint density at radius 3 is 2.86 bits per heavy atom. The summed E-state index contributed by atoms with van der Waals surface area (Å²) in [6.45, 7) is 3.91. The first kappa shape index (κ1) is 15.5. The van der Waals surface area contributed by atoms with Gasteiger partial charge < -0.3 is 9.47 Å². The van der Waals surface area contributed by atoms with Crippen LogP contribution in [0, 0.1) is 5.92 Å². The minimum absolute atomic E-state index is 0.00593. The molecule has 0 saturated heterocycles. The fourth-order valence-corrected chi connectivity index (χ4v) is 3.53. The van der Waals surface area contributed by atoms with Crippen molar-refractivity contribution in [3.05, 3.63) is 34.9 Å². The van der Waals surface area contributed by atoms with Gasteiger partial charge in [0.25, 0.3) is 0 Å². The van der Waals surface area contributed by atoms with Gasteiger partial charge in [-0.1, -0.05) is 36.7 Å². The Morgan fingerprint density at radius 2 is 2.18 bits per heavy atom. The maximum atomic E-state index is 13.0. The molecule has 0 aromatic heterocycles. The number of hydrogen-bond donors (Lipinski definition) is 0. The summed E-state index contributed by atoms with van der Waals surface area (Å²) in [6.07, 6.45) is 0.758. The molecule has 2 aliphatic rings. The lowest BCUT2D eigenvalue weighted by atomic mass is 9.70. The van der Waals surface area contributed by atoms with Crippen molar-refractivity contribution < 1.29 is 14.3 Å². The van der Waals surface area contributed by atoms with Gasteiger partial charge in [0.15, 0.2) is 11.6 Å². The van der Waals surface area contributed by atoms with Crippen molar-refractivity contribution in [2.45, 2.75) is 44.4 Å². The smallest absolute Gasteiger partial charge is 0.215 e. The predicted octanol–water partition coefficient (Wildman–Crippen LogP) is 3.37. The van der Waals surface area contributed by atoms with Crippen molar-refractivity contribution in [1.29, 1.82) is 0 Å². The van der Waals surface area contributed by atoms with Gasteiger partial charge in [0.1, 0.15) is 6.10 Å². The molecule has 4 atom stereocenters. The van der Waals surface area contributed by atoms with Crippen molar-refractivity contribution in [3.8, 4) is 0 Å². The third-order valence-corrected chi connectivity index (χ3v) is 5.04. The van der Waals surface area contributed by atoms with Crippen LogP contribution in [0.3, 0.4) is 0 Å². The molecule has 1 aromatic rings. The number of aliphatic imine (C=N–C) groups is 1. The average molecular weight is 322 g/mol. The Hall–Kier alpha value is -1.39. The van der Waals surface area contributed by atoms with E-state index in [1.54, 1.807) is 13.2 Å². The van der Waals surface area contributed by atoms with Gasteiger partial charge in [0.05, 0.1) is 0 Å². The molecule has 1 aliphatic carbocycles. The van der Waals surface area contributed by atoms with Crippen LogP contribution in [0.15, 0.2) is 29.3 Å². The Kier molecular flexibility index (Phi) is 4.00. The number of fused-ring (bicyclic) bond motifs is 2. The zero-order chi connectivity index (χ0) is 15.9. The standard InChI is InChI=1S/C17H20ClNO3/c1-10-8-9-17(12-6-4-5-7-13(12)18)15(20)14(10)22-16(19-17)11(2)21-3/h4-7,10-11,14H,8-9H2,1-3H3. The van der Waals surface area contributed by atoms with E-state index in [-0.39, 0.29) is 17.8 Å². The summed E-state index contributed by atoms with van der Waals surface area (Å²) in [6, 6.07) is 7.44. The van der Waals surface area contributed by atoms with E-state index in [0.717, 1.165) is 12.0 Å². The fourth-order valence-electron chi connectivity index (χ4n) is 3.24. The number of benzene rings is 1. The third-order valence-electron chi connectivity index (χ3n) is 4.71. The molecule has 0 N–H and O–H groups in total. The maximum Gasteiger partial charge on any atom is 0.215 e. The lowest BCUT2D eigenvalue weighted by Crippen LogP contribution is -2.55. The first-order chi connectivity index (χ1) is 10.5. The average Bonchev–Trinajstić information content (AvgIpc) is 2.51. The Morgan fingerprint density at radius 1 is 1.45 bits per heavy atom. The minimum atomic E-state index is -0.935. The topological polar surface area (TPSA) is 47.9 Å². The third kappa shape index (κ3) is 2.25. The Labute approximate surface area is 135 Å². The molecule has 0 radical (unpaired) electrons. The number of ketones is 1. The summed E-state index contributed by atoms with van der Waals surface area (Å²) in [5.41, 5.74) is -0.168. The van der Waals surface area contributed by atoms with Crippen molar-refractivity contribution in [2.24, 2.45) is 10.9 Å². The molecule has 5 heteroatoms. The molecule has 4 nitrogen and oxygen atoms in total. The van der Waals surface area contributed by atoms with E-state index in [1.165, 1.54) is 0 Å². The summed E-state index contributed by atoms with van der Waals surface area (Å²) in [7, 11) is 1.61. The van der Waals surface area contributed by atoms with E-state index in [2.05, 4.69) is 4.99 Å². The second-order valence-corrected chi connectivity index (χ2v) is 6.49. The van der Waals surface area contributed by atoms with Gasteiger partial charge in [-0.05, 0) is 25.8 Å². The summed E-state index contributed by atoms with van der Waals surface area (Å²) >= 11 is 6.37. The van der Waals surface area contributed by atoms with Gasteiger partial charge in [-0.25, -0.2) is 4.99 Å². The van der Waals surface area contributed by atoms with Gasteiger partial charge in [0.2, 0.25) is 11.7 Å². The monoisotopic (exact) mass is 321 g/mol. The van der Waals surface area contributed by atoms with E-state index in [4.69, 9.17) is 21.1 Å². The van der Waals surface area contributed by atoms with Gasteiger partial charge in [0, 0.05) is 23.6 Å². The van der Waals surface area contributed by atoms with Crippen molar-refractivity contribution in [3.63, 3.8) is 0 Å². The van der Waals surface area contributed by atoms with Crippen LogP contribution in [0.1, 0.15) is 32.3 Å². The first-order valence-electron chi connectivity index (χ1n) is 7.58. The van der Waals surface area contributed by atoms with Crippen LogP contribution in [0.4, 0.5) is 0 Å².